The fourth-order valence-electron chi connectivity index (χ4n) is 2.54. The van der Waals surface area contributed by atoms with Crippen molar-refractivity contribution in [2.75, 3.05) is 5.32 Å². The summed E-state index contributed by atoms with van der Waals surface area (Å²) >= 11 is 0. The van der Waals surface area contributed by atoms with E-state index in [2.05, 4.69) is 11.9 Å². The van der Waals surface area contributed by atoms with Crippen molar-refractivity contribution in [3.8, 4) is 11.1 Å². The minimum absolute atomic E-state index is 0.00364. The van der Waals surface area contributed by atoms with E-state index in [1.165, 1.54) is 6.08 Å². The van der Waals surface area contributed by atoms with E-state index in [1.807, 2.05) is 54.1 Å². The van der Waals surface area contributed by atoms with Crippen molar-refractivity contribution in [1.29, 1.82) is 0 Å². The molecule has 0 spiro atoms. The Bertz CT molecular complexity index is 971. The van der Waals surface area contributed by atoms with Crippen LogP contribution in [0, 0.1) is 0 Å². The first-order valence-electron chi connectivity index (χ1n) is 7.22. The van der Waals surface area contributed by atoms with E-state index in [0.717, 1.165) is 16.6 Å². The zero-order valence-corrected chi connectivity index (χ0v) is 12.7. The summed E-state index contributed by atoms with van der Waals surface area (Å²) in [5, 5.41) is 3.41. The Balaban J connectivity index is 2.08. The second-order valence-corrected chi connectivity index (χ2v) is 5.30. The van der Waals surface area contributed by atoms with Crippen molar-refractivity contribution in [2.24, 2.45) is 7.05 Å². The number of hydrogen-bond donors (Lipinski definition) is 1. The van der Waals surface area contributed by atoms with Crippen LogP contribution in [-0.2, 0) is 11.8 Å². The van der Waals surface area contributed by atoms with Crippen LogP contribution in [0.2, 0.25) is 0 Å². The Hall–Kier alpha value is -3.14. The number of nitrogens with one attached hydrogen (secondary N) is 1. The van der Waals surface area contributed by atoms with Gasteiger partial charge >= 0.3 is 0 Å². The van der Waals surface area contributed by atoms with Crippen molar-refractivity contribution in [3.63, 3.8) is 0 Å². The number of rotatable bonds is 3. The van der Waals surface area contributed by atoms with Gasteiger partial charge in [-0.25, -0.2) is 0 Å². The van der Waals surface area contributed by atoms with Gasteiger partial charge in [0.05, 0.1) is 5.52 Å². The molecule has 0 aliphatic heterocycles. The number of amides is 1. The van der Waals surface area contributed by atoms with Crippen molar-refractivity contribution in [3.05, 3.63) is 77.6 Å². The molecular weight excluding hydrogens is 288 g/mol. The molecule has 1 amide bonds. The molecule has 0 saturated carbocycles. The normalized spacial score (nSPS) is 10.5. The molecule has 0 unspecified atom stereocenters. The third-order valence-corrected chi connectivity index (χ3v) is 3.74. The highest BCUT2D eigenvalue weighted by molar-refractivity contribution is 5.99. The van der Waals surface area contributed by atoms with E-state index < -0.39 is 0 Å². The van der Waals surface area contributed by atoms with Gasteiger partial charge in [-0.2, -0.15) is 0 Å². The predicted octanol–water partition coefficient (Wildman–Crippen LogP) is 3.33. The topological polar surface area (TPSA) is 51.1 Å². The molecule has 4 nitrogen and oxygen atoms in total. The van der Waals surface area contributed by atoms with Gasteiger partial charge in [0.25, 0.3) is 0 Å². The van der Waals surface area contributed by atoms with Crippen LogP contribution in [0.25, 0.3) is 22.0 Å². The SMILES string of the molecule is C=CC(=O)Nc1cccc(-c2ccc3c(c2)c(=O)ccn3C)c1. The maximum atomic E-state index is 12.1. The van der Waals surface area contributed by atoms with Gasteiger partial charge in [0.1, 0.15) is 0 Å². The average molecular weight is 304 g/mol. The Morgan fingerprint density at radius 3 is 2.70 bits per heavy atom. The summed E-state index contributed by atoms with van der Waals surface area (Å²) in [6, 6.07) is 14.8. The molecule has 2 aromatic carbocycles. The van der Waals surface area contributed by atoms with Crippen LogP contribution in [0.3, 0.4) is 0 Å². The quantitative estimate of drug-likeness (QED) is 0.755. The molecule has 0 aliphatic rings. The monoisotopic (exact) mass is 304 g/mol. The second-order valence-electron chi connectivity index (χ2n) is 5.30. The van der Waals surface area contributed by atoms with Gasteiger partial charge in [-0.05, 0) is 41.5 Å². The number of benzene rings is 2. The highest BCUT2D eigenvalue weighted by Gasteiger charge is 2.05. The standard InChI is InChI=1S/C19H16N2O2/c1-3-19(23)20-15-6-4-5-13(11-15)14-7-8-17-16(12-14)18(22)9-10-21(17)2/h3-12H,1H2,2H3,(H,20,23). The lowest BCUT2D eigenvalue weighted by Gasteiger charge is -2.09. The summed E-state index contributed by atoms with van der Waals surface area (Å²) in [4.78, 5) is 23.5. The summed E-state index contributed by atoms with van der Waals surface area (Å²) in [5.41, 5.74) is 3.43. The van der Waals surface area contributed by atoms with Crippen LogP contribution in [-0.4, -0.2) is 10.5 Å². The maximum Gasteiger partial charge on any atom is 0.247 e. The minimum atomic E-state index is -0.255. The predicted molar refractivity (Wildman–Crippen MR) is 93.5 cm³/mol. The van der Waals surface area contributed by atoms with E-state index in [0.29, 0.717) is 11.1 Å². The van der Waals surface area contributed by atoms with E-state index in [4.69, 9.17) is 0 Å². The summed E-state index contributed by atoms with van der Waals surface area (Å²) < 4.78 is 1.92. The zero-order valence-electron chi connectivity index (χ0n) is 12.7. The van der Waals surface area contributed by atoms with E-state index in [1.54, 1.807) is 12.3 Å². The molecule has 0 radical (unpaired) electrons. The molecule has 3 rings (SSSR count). The molecule has 4 heteroatoms. The molecule has 3 aromatic rings. The van der Waals surface area contributed by atoms with Crippen LogP contribution in [0.1, 0.15) is 0 Å². The Morgan fingerprint density at radius 1 is 1.13 bits per heavy atom. The van der Waals surface area contributed by atoms with Gasteiger partial charge in [0.15, 0.2) is 5.43 Å². The van der Waals surface area contributed by atoms with Crippen molar-refractivity contribution in [2.45, 2.75) is 0 Å². The number of carbonyl (C=O) groups is 1. The first-order chi connectivity index (χ1) is 11.1. The summed E-state index contributed by atoms with van der Waals surface area (Å²) in [5.74, 6) is -0.255. The van der Waals surface area contributed by atoms with Crippen molar-refractivity contribution < 1.29 is 4.79 Å². The Morgan fingerprint density at radius 2 is 1.91 bits per heavy atom. The Labute approximate surface area is 133 Å². The van der Waals surface area contributed by atoms with E-state index in [9.17, 15) is 9.59 Å². The number of carbonyl (C=O) groups excluding carboxylic acids is 1. The molecule has 0 bridgehead atoms. The largest absolute Gasteiger partial charge is 0.350 e. The highest BCUT2D eigenvalue weighted by atomic mass is 16.1. The maximum absolute atomic E-state index is 12.1. The summed E-state index contributed by atoms with van der Waals surface area (Å²) in [6.07, 6.45) is 2.99. The van der Waals surface area contributed by atoms with Crippen molar-refractivity contribution in [1.82, 2.24) is 4.57 Å². The molecule has 1 aromatic heterocycles. The molecule has 0 aliphatic carbocycles. The number of hydrogen-bond acceptors (Lipinski definition) is 2. The van der Waals surface area contributed by atoms with Gasteiger partial charge in [-0.3, -0.25) is 9.59 Å². The molecule has 0 fully saturated rings. The molecule has 0 saturated heterocycles. The lowest BCUT2D eigenvalue weighted by Crippen LogP contribution is -2.07. The van der Waals surface area contributed by atoms with Gasteiger partial charge in [-0.15, -0.1) is 0 Å². The Kier molecular flexibility index (Phi) is 3.81. The lowest BCUT2D eigenvalue weighted by atomic mass is 10.0. The second kappa shape index (κ2) is 5.93. The van der Waals surface area contributed by atoms with Crippen LogP contribution >= 0.6 is 0 Å². The van der Waals surface area contributed by atoms with Crippen LogP contribution in [0.5, 0.6) is 0 Å². The fourth-order valence-corrected chi connectivity index (χ4v) is 2.54. The van der Waals surface area contributed by atoms with Gasteiger partial charge in [0, 0.05) is 30.4 Å². The number of fused-ring (bicyclic) bond motifs is 1. The third kappa shape index (κ3) is 2.92. The molecule has 1 heterocycles. The van der Waals surface area contributed by atoms with E-state index >= 15 is 0 Å². The number of nitrogens with zero attached hydrogens (tertiary/aromatic N) is 1. The van der Waals surface area contributed by atoms with E-state index in [-0.39, 0.29) is 11.3 Å². The van der Waals surface area contributed by atoms with Gasteiger partial charge in [-0.1, -0.05) is 24.8 Å². The highest BCUT2D eigenvalue weighted by Crippen LogP contribution is 2.25. The van der Waals surface area contributed by atoms with Gasteiger partial charge < -0.3 is 9.88 Å². The minimum Gasteiger partial charge on any atom is -0.350 e. The fraction of sp³-hybridized carbons (Fsp3) is 0.0526. The number of pyridine rings is 1. The first-order valence-corrected chi connectivity index (χ1v) is 7.22. The molecule has 23 heavy (non-hydrogen) atoms. The first kappa shape index (κ1) is 14.8. The third-order valence-electron chi connectivity index (χ3n) is 3.74. The van der Waals surface area contributed by atoms with Crippen LogP contribution in [0.15, 0.2) is 72.2 Å². The average Bonchev–Trinajstić information content (AvgIpc) is 2.58. The summed E-state index contributed by atoms with van der Waals surface area (Å²) in [6.45, 7) is 3.44. The smallest absolute Gasteiger partial charge is 0.247 e. The van der Waals surface area contributed by atoms with Crippen molar-refractivity contribution >= 4 is 22.5 Å². The number of aryl methyl sites for hydroxylation is 1. The van der Waals surface area contributed by atoms with Crippen LogP contribution < -0.4 is 10.7 Å². The number of aromatic nitrogens is 1. The van der Waals surface area contributed by atoms with Crippen LogP contribution in [0.4, 0.5) is 5.69 Å². The molecule has 0 atom stereocenters. The lowest BCUT2D eigenvalue weighted by molar-refractivity contribution is -0.111. The van der Waals surface area contributed by atoms with Gasteiger partial charge in [0.2, 0.25) is 5.91 Å². The molecule has 114 valence electrons. The molecule has 1 N–H and O–H groups in total. The molecular formula is C19H16N2O2. The number of anilines is 1. The zero-order chi connectivity index (χ0) is 16.4. The summed E-state index contributed by atoms with van der Waals surface area (Å²) in [7, 11) is 1.91.